The number of aliphatic hydroxyl groups is 2. The summed E-state index contributed by atoms with van der Waals surface area (Å²) in [7, 11) is 0. The normalized spacial score (nSPS) is 11.0. The van der Waals surface area contributed by atoms with Gasteiger partial charge in [-0.25, -0.2) is 4.39 Å². The molecule has 0 aliphatic rings. The van der Waals surface area contributed by atoms with Crippen LogP contribution in [0, 0.1) is 5.82 Å². The first kappa shape index (κ1) is 12.6. The van der Waals surface area contributed by atoms with Crippen LogP contribution in [0.15, 0.2) is 22.7 Å². The van der Waals surface area contributed by atoms with Crippen LogP contribution in [0.4, 0.5) is 4.39 Å². The maximum Gasteiger partial charge on any atom is 0.124 e. The van der Waals surface area contributed by atoms with Gasteiger partial charge in [-0.3, -0.25) is 0 Å². The number of aliphatic hydroxyl groups excluding tert-OH is 2. The van der Waals surface area contributed by atoms with Crippen molar-refractivity contribution in [1.82, 2.24) is 5.32 Å². The Balaban J connectivity index is 2.57. The van der Waals surface area contributed by atoms with Gasteiger partial charge in [-0.2, -0.15) is 0 Å². The van der Waals surface area contributed by atoms with Crippen LogP contribution in [0.5, 0.6) is 0 Å². The van der Waals surface area contributed by atoms with Crippen LogP contribution >= 0.6 is 15.9 Å². The number of halogens is 2. The van der Waals surface area contributed by atoms with Gasteiger partial charge in [0.05, 0.1) is 19.3 Å². The molecule has 1 rings (SSSR count). The SMILES string of the molecule is OCC(CO)NCc1ccc(F)cc1Br. The first-order chi connectivity index (χ1) is 7.17. The molecule has 0 aromatic heterocycles. The molecule has 0 heterocycles. The Morgan fingerprint density at radius 1 is 1.33 bits per heavy atom. The highest BCUT2D eigenvalue weighted by Gasteiger charge is 2.06. The summed E-state index contributed by atoms with van der Waals surface area (Å²) in [6.45, 7) is 0.206. The first-order valence-electron chi connectivity index (χ1n) is 4.56. The molecule has 3 nitrogen and oxygen atoms in total. The van der Waals surface area contributed by atoms with Gasteiger partial charge in [0.1, 0.15) is 5.82 Å². The lowest BCUT2D eigenvalue weighted by molar-refractivity contribution is 0.170. The van der Waals surface area contributed by atoms with Gasteiger partial charge >= 0.3 is 0 Å². The minimum absolute atomic E-state index is 0.130. The van der Waals surface area contributed by atoms with Crippen molar-refractivity contribution in [3.05, 3.63) is 34.1 Å². The summed E-state index contributed by atoms with van der Waals surface area (Å²) in [5, 5.41) is 20.6. The van der Waals surface area contributed by atoms with Gasteiger partial charge < -0.3 is 15.5 Å². The van der Waals surface area contributed by atoms with Gasteiger partial charge in [-0.15, -0.1) is 0 Å². The van der Waals surface area contributed by atoms with Gasteiger partial charge in [0.25, 0.3) is 0 Å². The quantitative estimate of drug-likeness (QED) is 0.754. The van der Waals surface area contributed by atoms with E-state index >= 15 is 0 Å². The second-order valence-electron chi connectivity index (χ2n) is 3.18. The molecule has 3 N–H and O–H groups in total. The fourth-order valence-electron chi connectivity index (χ4n) is 1.11. The molecule has 0 saturated carbocycles. The lowest BCUT2D eigenvalue weighted by atomic mass is 10.2. The fourth-order valence-corrected chi connectivity index (χ4v) is 1.60. The number of rotatable bonds is 5. The molecule has 5 heteroatoms. The molecule has 0 unspecified atom stereocenters. The molecule has 0 amide bonds. The van der Waals surface area contributed by atoms with Crippen molar-refractivity contribution in [2.24, 2.45) is 0 Å². The topological polar surface area (TPSA) is 52.5 Å². The van der Waals surface area contributed by atoms with E-state index in [1.807, 2.05) is 0 Å². The van der Waals surface area contributed by atoms with Gasteiger partial charge in [0, 0.05) is 11.0 Å². The number of benzene rings is 1. The molecule has 0 atom stereocenters. The minimum atomic E-state index is -0.345. The van der Waals surface area contributed by atoms with Crippen LogP contribution in [-0.2, 0) is 6.54 Å². The molecule has 0 saturated heterocycles. The Kier molecular flexibility index (Phi) is 5.17. The van der Waals surface area contributed by atoms with E-state index in [4.69, 9.17) is 10.2 Å². The van der Waals surface area contributed by atoms with Crippen LogP contribution in [0.25, 0.3) is 0 Å². The zero-order chi connectivity index (χ0) is 11.3. The summed E-state index contributed by atoms with van der Waals surface area (Å²) in [5.74, 6) is -0.300. The van der Waals surface area contributed by atoms with E-state index in [9.17, 15) is 4.39 Å². The van der Waals surface area contributed by atoms with Crippen LogP contribution in [-0.4, -0.2) is 29.5 Å². The largest absolute Gasteiger partial charge is 0.395 e. The van der Waals surface area contributed by atoms with Gasteiger partial charge in [0.2, 0.25) is 0 Å². The number of nitrogens with one attached hydrogen (secondary N) is 1. The molecule has 15 heavy (non-hydrogen) atoms. The van der Waals surface area contributed by atoms with Crippen LogP contribution < -0.4 is 5.32 Å². The third kappa shape index (κ3) is 3.87. The zero-order valence-corrected chi connectivity index (χ0v) is 9.67. The Morgan fingerprint density at radius 2 is 2.00 bits per heavy atom. The van der Waals surface area contributed by atoms with Gasteiger partial charge in [-0.05, 0) is 17.7 Å². The molecule has 0 fully saturated rings. The van der Waals surface area contributed by atoms with Crippen LogP contribution in [0.1, 0.15) is 5.56 Å². The summed E-state index contributed by atoms with van der Waals surface area (Å²) < 4.78 is 13.4. The van der Waals surface area contributed by atoms with E-state index in [1.54, 1.807) is 6.07 Å². The lowest BCUT2D eigenvalue weighted by Crippen LogP contribution is -2.35. The van der Waals surface area contributed by atoms with Gasteiger partial charge in [-0.1, -0.05) is 22.0 Å². The van der Waals surface area contributed by atoms with Crippen molar-refractivity contribution in [3.63, 3.8) is 0 Å². The maximum atomic E-state index is 12.7. The van der Waals surface area contributed by atoms with Crippen molar-refractivity contribution in [1.29, 1.82) is 0 Å². The maximum absolute atomic E-state index is 12.7. The van der Waals surface area contributed by atoms with E-state index in [1.165, 1.54) is 12.1 Å². The smallest absolute Gasteiger partial charge is 0.124 e. The van der Waals surface area contributed by atoms with Crippen molar-refractivity contribution in [3.8, 4) is 0 Å². The van der Waals surface area contributed by atoms with E-state index in [0.717, 1.165) is 5.56 Å². The average molecular weight is 278 g/mol. The molecule has 1 aromatic carbocycles. The predicted molar refractivity (Wildman–Crippen MR) is 58.9 cm³/mol. The zero-order valence-electron chi connectivity index (χ0n) is 8.08. The van der Waals surface area contributed by atoms with Gasteiger partial charge in [0.15, 0.2) is 0 Å². The molecular weight excluding hydrogens is 265 g/mol. The van der Waals surface area contributed by atoms with Crippen LogP contribution in [0.2, 0.25) is 0 Å². The Hall–Kier alpha value is -0.490. The van der Waals surface area contributed by atoms with Crippen LogP contribution in [0.3, 0.4) is 0 Å². The molecule has 0 bridgehead atoms. The summed E-state index contributed by atoms with van der Waals surface area (Å²) >= 11 is 3.24. The number of hydrogen-bond donors (Lipinski definition) is 3. The van der Waals surface area contributed by atoms with E-state index in [0.29, 0.717) is 11.0 Å². The van der Waals surface area contributed by atoms with Crippen molar-refractivity contribution < 1.29 is 14.6 Å². The third-order valence-corrected chi connectivity index (χ3v) is 2.78. The van der Waals surface area contributed by atoms with E-state index < -0.39 is 0 Å². The minimum Gasteiger partial charge on any atom is -0.395 e. The molecule has 84 valence electrons. The molecule has 0 radical (unpaired) electrons. The second-order valence-corrected chi connectivity index (χ2v) is 4.03. The molecular formula is C10H13BrFNO2. The first-order valence-corrected chi connectivity index (χ1v) is 5.35. The molecule has 0 spiro atoms. The highest BCUT2D eigenvalue weighted by atomic mass is 79.9. The average Bonchev–Trinajstić information content (AvgIpc) is 2.22. The Bertz CT molecular complexity index is 318. The number of hydrogen-bond acceptors (Lipinski definition) is 3. The van der Waals surface area contributed by atoms with Crippen molar-refractivity contribution >= 4 is 15.9 Å². The summed E-state index contributed by atoms with van der Waals surface area (Å²) in [6, 6.07) is 4.05. The Morgan fingerprint density at radius 3 is 2.53 bits per heavy atom. The molecule has 0 aliphatic carbocycles. The fraction of sp³-hybridized carbons (Fsp3) is 0.400. The standard InChI is InChI=1S/C10H13BrFNO2/c11-10-3-8(12)2-1-7(10)4-13-9(5-14)6-15/h1-3,9,13-15H,4-6H2. The molecule has 0 aliphatic heterocycles. The summed E-state index contributed by atoms with van der Waals surface area (Å²) in [4.78, 5) is 0. The Labute approximate surface area is 96.1 Å². The molecule has 1 aromatic rings. The van der Waals surface area contributed by atoms with Crippen molar-refractivity contribution in [2.75, 3.05) is 13.2 Å². The summed E-state index contributed by atoms with van der Waals surface area (Å²) in [6.07, 6.45) is 0. The third-order valence-electron chi connectivity index (χ3n) is 2.04. The van der Waals surface area contributed by atoms with Crippen molar-refractivity contribution in [2.45, 2.75) is 12.6 Å². The highest BCUT2D eigenvalue weighted by molar-refractivity contribution is 9.10. The lowest BCUT2D eigenvalue weighted by Gasteiger charge is -2.13. The highest BCUT2D eigenvalue weighted by Crippen LogP contribution is 2.17. The predicted octanol–water partition coefficient (Wildman–Crippen LogP) is 1.03. The summed E-state index contributed by atoms with van der Waals surface area (Å²) in [5.41, 5.74) is 0.878. The monoisotopic (exact) mass is 277 g/mol. The second kappa shape index (κ2) is 6.17. The van der Waals surface area contributed by atoms with E-state index in [2.05, 4.69) is 21.2 Å². The van der Waals surface area contributed by atoms with E-state index in [-0.39, 0.29) is 25.1 Å².